The Morgan fingerprint density at radius 1 is 0.645 bits per heavy atom. The van der Waals surface area contributed by atoms with E-state index < -0.39 is 11.2 Å². The van der Waals surface area contributed by atoms with Crippen LogP contribution in [0.1, 0.15) is 70.9 Å². The molecule has 0 heterocycles. The van der Waals surface area contributed by atoms with E-state index in [9.17, 15) is 0 Å². The molecule has 0 N–H and O–H groups in total. The molecular weight excluding hydrogens is 384 g/mol. The number of hydrogen-bond acceptors (Lipinski definition) is 4. The third-order valence-electron chi connectivity index (χ3n) is 4.99. The summed E-state index contributed by atoms with van der Waals surface area (Å²) in [6.45, 7) is 8.32. The van der Waals surface area contributed by atoms with Crippen molar-refractivity contribution >= 4 is 0 Å². The van der Waals surface area contributed by atoms with Crippen LogP contribution in [0.2, 0.25) is 0 Å². The Morgan fingerprint density at radius 3 is 1.32 bits per heavy atom. The quantitative estimate of drug-likeness (QED) is 0.356. The largest absolute Gasteiger partial charge is 0.488 e. The molecule has 0 saturated heterocycles. The van der Waals surface area contributed by atoms with Gasteiger partial charge < -0.3 is 9.47 Å². The fourth-order valence-electron chi connectivity index (χ4n) is 3.93. The van der Waals surface area contributed by atoms with E-state index in [0.29, 0.717) is 19.3 Å². The number of hydrogen-bond donors (Lipinski definition) is 0. The summed E-state index contributed by atoms with van der Waals surface area (Å²) in [6, 6.07) is 20.7. The molecule has 2 rings (SSSR count). The van der Waals surface area contributed by atoms with E-state index in [1.807, 2.05) is 24.3 Å². The Kier molecular flexibility index (Phi) is 8.95. The van der Waals surface area contributed by atoms with E-state index >= 15 is 0 Å². The van der Waals surface area contributed by atoms with Crippen molar-refractivity contribution in [3.05, 3.63) is 59.7 Å². The van der Waals surface area contributed by atoms with Crippen LogP contribution in [-0.2, 0) is 12.8 Å². The average Bonchev–Trinajstić information content (AvgIpc) is 2.69. The van der Waals surface area contributed by atoms with Crippen LogP contribution in [0.4, 0.5) is 0 Å². The van der Waals surface area contributed by atoms with Crippen molar-refractivity contribution < 1.29 is 9.47 Å². The summed E-state index contributed by atoms with van der Waals surface area (Å²) in [5.41, 5.74) is 1.65. The molecule has 2 aromatic rings. The van der Waals surface area contributed by atoms with Crippen LogP contribution in [0.25, 0.3) is 0 Å². The first-order valence-electron chi connectivity index (χ1n) is 11.0. The smallest absolute Gasteiger partial charge is 0.120 e. The molecule has 0 aliphatic rings. The Hall–Kier alpha value is -2.98. The van der Waals surface area contributed by atoms with Gasteiger partial charge in [0.25, 0.3) is 0 Å². The molecule has 0 aliphatic carbocycles. The molecule has 2 aromatic carbocycles. The van der Waals surface area contributed by atoms with Gasteiger partial charge in [-0.05, 0) is 88.8 Å². The van der Waals surface area contributed by atoms with E-state index in [4.69, 9.17) is 20.0 Å². The third-order valence-corrected chi connectivity index (χ3v) is 4.99. The van der Waals surface area contributed by atoms with Gasteiger partial charge in [0.05, 0.1) is 12.1 Å². The molecular formula is C27H34N2O2. The van der Waals surface area contributed by atoms with Crippen molar-refractivity contribution in [2.45, 2.75) is 83.8 Å². The zero-order valence-electron chi connectivity index (χ0n) is 19.3. The number of nitriles is 2. The zero-order chi connectivity index (χ0) is 22.7. The van der Waals surface area contributed by atoms with Crippen LogP contribution in [-0.4, -0.2) is 11.2 Å². The van der Waals surface area contributed by atoms with Gasteiger partial charge in [0.2, 0.25) is 0 Å². The summed E-state index contributed by atoms with van der Waals surface area (Å²) in [5, 5.41) is 17.3. The van der Waals surface area contributed by atoms with Crippen molar-refractivity contribution in [2.24, 2.45) is 0 Å². The molecule has 0 amide bonds. The number of nitrogens with zero attached hydrogens (tertiary/aromatic N) is 2. The standard InChI is InChI=1S/C27H34N2O2/c1-26(2,30-24-15-11-22(12-16-24)9-5-7-19-28)21-27(3,4)31-25-17-13-23(14-18-25)10-6-8-20-29/h11-18H,5-10,21H2,1-4H3. The number of aryl methyl sites for hydroxylation is 2. The van der Waals surface area contributed by atoms with Gasteiger partial charge in [-0.15, -0.1) is 0 Å². The lowest BCUT2D eigenvalue weighted by Crippen LogP contribution is -2.41. The summed E-state index contributed by atoms with van der Waals surface area (Å²) in [4.78, 5) is 0. The van der Waals surface area contributed by atoms with Crippen molar-refractivity contribution in [1.29, 1.82) is 10.5 Å². The van der Waals surface area contributed by atoms with Gasteiger partial charge in [-0.3, -0.25) is 0 Å². The van der Waals surface area contributed by atoms with E-state index in [1.165, 1.54) is 11.1 Å². The minimum Gasteiger partial charge on any atom is -0.488 e. The number of rotatable bonds is 12. The first kappa shape index (κ1) is 24.3. The molecule has 0 aliphatic heterocycles. The van der Waals surface area contributed by atoms with E-state index in [0.717, 1.165) is 37.2 Å². The van der Waals surface area contributed by atoms with Gasteiger partial charge >= 0.3 is 0 Å². The summed E-state index contributed by atoms with van der Waals surface area (Å²) >= 11 is 0. The Labute approximate surface area is 187 Å². The second-order valence-corrected chi connectivity index (χ2v) is 9.21. The topological polar surface area (TPSA) is 66.0 Å². The van der Waals surface area contributed by atoms with Gasteiger partial charge in [0.1, 0.15) is 22.7 Å². The Morgan fingerprint density at radius 2 is 1.00 bits per heavy atom. The number of benzene rings is 2. The maximum absolute atomic E-state index is 8.66. The highest BCUT2D eigenvalue weighted by atomic mass is 16.5. The lowest BCUT2D eigenvalue weighted by molar-refractivity contribution is 0.00503. The Balaban J connectivity index is 1.90. The molecule has 4 nitrogen and oxygen atoms in total. The van der Waals surface area contributed by atoms with Gasteiger partial charge in [0.15, 0.2) is 0 Å². The van der Waals surface area contributed by atoms with Crippen LogP contribution in [0.15, 0.2) is 48.5 Å². The fraction of sp³-hybridized carbons (Fsp3) is 0.481. The molecule has 0 unspecified atom stereocenters. The number of ether oxygens (including phenoxy) is 2. The Bertz CT molecular complexity index is 809. The second-order valence-electron chi connectivity index (χ2n) is 9.21. The lowest BCUT2D eigenvalue weighted by Gasteiger charge is -2.35. The molecule has 0 aromatic heterocycles. The van der Waals surface area contributed by atoms with E-state index in [2.05, 4.69) is 64.1 Å². The molecule has 0 bridgehead atoms. The highest BCUT2D eigenvalue weighted by Gasteiger charge is 2.32. The molecule has 0 fully saturated rings. The monoisotopic (exact) mass is 418 g/mol. The van der Waals surface area contributed by atoms with Crippen molar-refractivity contribution in [2.75, 3.05) is 0 Å². The second kappa shape index (κ2) is 11.4. The SMILES string of the molecule is CC(C)(CC(C)(C)Oc1ccc(CCCC#N)cc1)Oc1ccc(CCCC#N)cc1. The van der Waals surface area contributed by atoms with Crippen LogP contribution in [0.5, 0.6) is 11.5 Å². The van der Waals surface area contributed by atoms with Gasteiger partial charge in [-0.25, -0.2) is 0 Å². The first-order valence-corrected chi connectivity index (χ1v) is 11.0. The minimum absolute atomic E-state index is 0.400. The molecule has 31 heavy (non-hydrogen) atoms. The molecule has 4 heteroatoms. The minimum atomic E-state index is -0.400. The predicted octanol–water partition coefficient (Wildman–Crippen LogP) is 6.78. The highest BCUT2D eigenvalue weighted by Crippen LogP contribution is 2.30. The normalized spacial score (nSPS) is 11.4. The maximum atomic E-state index is 8.66. The highest BCUT2D eigenvalue weighted by molar-refractivity contribution is 5.29. The predicted molar refractivity (Wildman–Crippen MR) is 124 cm³/mol. The van der Waals surface area contributed by atoms with Gasteiger partial charge in [-0.2, -0.15) is 10.5 Å². The van der Waals surface area contributed by atoms with Gasteiger partial charge in [0, 0.05) is 19.3 Å². The summed E-state index contributed by atoms with van der Waals surface area (Å²) in [5.74, 6) is 1.68. The number of unbranched alkanes of at least 4 members (excludes halogenated alkanes) is 2. The van der Waals surface area contributed by atoms with Crippen LogP contribution < -0.4 is 9.47 Å². The fourth-order valence-corrected chi connectivity index (χ4v) is 3.93. The molecule has 0 spiro atoms. The average molecular weight is 419 g/mol. The maximum Gasteiger partial charge on any atom is 0.120 e. The van der Waals surface area contributed by atoms with Crippen molar-refractivity contribution in [3.8, 4) is 23.6 Å². The van der Waals surface area contributed by atoms with Crippen LogP contribution >= 0.6 is 0 Å². The summed E-state index contributed by atoms with van der Waals surface area (Å²) < 4.78 is 12.5. The van der Waals surface area contributed by atoms with Gasteiger partial charge in [-0.1, -0.05) is 24.3 Å². The molecule has 0 saturated carbocycles. The summed E-state index contributed by atoms with van der Waals surface area (Å²) in [7, 11) is 0. The van der Waals surface area contributed by atoms with Crippen molar-refractivity contribution in [1.82, 2.24) is 0 Å². The molecule has 0 radical (unpaired) electrons. The van der Waals surface area contributed by atoms with Crippen LogP contribution in [0.3, 0.4) is 0 Å². The van der Waals surface area contributed by atoms with Crippen molar-refractivity contribution in [3.63, 3.8) is 0 Å². The summed E-state index contributed by atoms with van der Waals surface area (Å²) in [6.07, 6.45) is 5.48. The third kappa shape index (κ3) is 9.14. The molecule has 164 valence electrons. The van der Waals surface area contributed by atoms with E-state index in [1.54, 1.807) is 0 Å². The van der Waals surface area contributed by atoms with Crippen LogP contribution in [0, 0.1) is 22.7 Å². The zero-order valence-corrected chi connectivity index (χ0v) is 19.3. The van der Waals surface area contributed by atoms with E-state index in [-0.39, 0.29) is 0 Å². The first-order chi connectivity index (χ1) is 14.7. The lowest BCUT2D eigenvalue weighted by atomic mass is 9.92. The molecule has 0 atom stereocenters.